The smallest absolute Gasteiger partial charge is 0.261 e. The van der Waals surface area contributed by atoms with E-state index in [-0.39, 0.29) is 12.5 Å². The van der Waals surface area contributed by atoms with Crippen molar-refractivity contribution in [2.45, 2.75) is 19.4 Å². The van der Waals surface area contributed by atoms with Crippen LogP contribution >= 0.6 is 11.3 Å². The second kappa shape index (κ2) is 6.52. The van der Waals surface area contributed by atoms with Crippen molar-refractivity contribution < 1.29 is 9.90 Å². The molecule has 0 aliphatic carbocycles. The third-order valence-corrected chi connectivity index (χ3v) is 4.93. The van der Waals surface area contributed by atoms with Gasteiger partial charge in [-0.15, -0.1) is 11.3 Å². The zero-order valence-electron chi connectivity index (χ0n) is 13.1. The van der Waals surface area contributed by atoms with Gasteiger partial charge in [0, 0.05) is 25.4 Å². The van der Waals surface area contributed by atoms with E-state index in [1.807, 2.05) is 50.4 Å². The van der Waals surface area contributed by atoms with E-state index < -0.39 is 6.10 Å². The molecule has 6 heteroatoms. The minimum Gasteiger partial charge on any atom is -0.391 e. The van der Waals surface area contributed by atoms with E-state index in [4.69, 9.17) is 0 Å². The quantitative estimate of drug-likeness (QED) is 0.754. The van der Waals surface area contributed by atoms with Crippen molar-refractivity contribution in [3.63, 3.8) is 0 Å². The minimum atomic E-state index is -0.598. The Morgan fingerprint density at radius 2 is 2.13 bits per heavy atom. The fourth-order valence-corrected chi connectivity index (χ4v) is 3.61. The lowest BCUT2D eigenvalue weighted by Gasteiger charge is -2.11. The van der Waals surface area contributed by atoms with Crippen LogP contribution in [0.5, 0.6) is 0 Å². The maximum atomic E-state index is 12.3. The second-order valence-corrected chi connectivity index (χ2v) is 6.62. The standard InChI is InChI=1S/C17H19N3O2S/c1-11-14-9-15(23-17(14)20(2)19-11)16(22)18-10-13(21)8-12-6-4-3-5-7-12/h3-7,9,13,21H,8,10H2,1-2H3,(H,18,22). The van der Waals surface area contributed by atoms with Crippen LogP contribution in [-0.2, 0) is 13.5 Å². The normalized spacial score (nSPS) is 12.5. The van der Waals surface area contributed by atoms with Gasteiger partial charge < -0.3 is 10.4 Å². The molecule has 3 aromatic rings. The van der Waals surface area contributed by atoms with Crippen molar-refractivity contribution in [1.82, 2.24) is 15.1 Å². The summed E-state index contributed by atoms with van der Waals surface area (Å²) in [6.07, 6.45) is -0.0737. The first kappa shape index (κ1) is 15.7. The molecule has 0 fully saturated rings. The number of amides is 1. The molecule has 1 amide bonds. The average molecular weight is 329 g/mol. The molecular formula is C17H19N3O2S. The van der Waals surface area contributed by atoms with Gasteiger partial charge in [0.1, 0.15) is 4.83 Å². The number of aryl methyl sites for hydroxylation is 2. The second-order valence-electron chi connectivity index (χ2n) is 5.59. The van der Waals surface area contributed by atoms with Gasteiger partial charge in [-0.1, -0.05) is 30.3 Å². The minimum absolute atomic E-state index is 0.155. The molecule has 2 N–H and O–H groups in total. The van der Waals surface area contributed by atoms with Gasteiger partial charge in [0.05, 0.1) is 16.7 Å². The molecule has 1 atom stereocenters. The third kappa shape index (κ3) is 3.43. The van der Waals surface area contributed by atoms with Crippen molar-refractivity contribution >= 4 is 27.5 Å². The topological polar surface area (TPSA) is 67.2 Å². The molecule has 23 heavy (non-hydrogen) atoms. The summed E-state index contributed by atoms with van der Waals surface area (Å²) in [6.45, 7) is 2.17. The van der Waals surface area contributed by atoms with Crippen molar-refractivity contribution in [2.24, 2.45) is 7.05 Å². The molecule has 0 saturated carbocycles. The predicted octanol–water partition coefficient (Wildman–Crippen LogP) is 2.28. The fraction of sp³-hybridized carbons (Fsp3) is 0.294. The van der Waals surface area contributed by atoms with E-state index in [0.29, 0.717) is 11.3 Å². The van der Waals surface area contributed by atoms with Gasteiger partial charge in [0.15, 0.2) is 0 Å². The summed E-state index contributed by atoms with van der Waals surface area (Å²) in [4.78, 5) is 13.9. The molecule has 0 saturated heterocycles. The number of carbonyl (C=O) groups is 1. The highest BCUT2D eigenvalue weighted by atomic mass is 32.1. The monoisotopic (exact) mass is 329 g/mol. The third-order valence-electron chi connectivity index (χ3n) is 3.73. The molecular weight excluding hydrogens is 310 g/mol. The van der Waals surface area contributed by atoms with E-state index in [9.17, 15) is 9.90 Å². The molecule has 0 aliphatic rings. The number of hydrogen-bond donors (Lipinski definition) is 2. The van der Waals surface area contributed by atoms with Crippen LogP contribution in [0.3, 0.4) is 0 Å². The first-order chi connectivity index (χ1) is 11.0. The number of fused-ring (bicyclic) bond motifs is 1. The molecule has 5 nitrogen and oxygen atoms in total. The van der Waals surface area contributed by atoms with Crippen LogP contribution < -0.4 is 5.32 Å². The van der Waals surface area contributed by atoms with E-state index in [2.05, 4.69) is 10.4 Å². The number of nitrogens with zero attached hydrogens (tertiary/aromatic N) is 2. The first-order valence-corrected chi connectivity index (χ1v) is 8.29. The van der Waals surface area contributed by atoms with Gasteiger partial charge in [-0.3, -0.25) is 9.48 Å². The highest BCUT2D eigenvalue weighted by Crippen LogP contribution is 2.27. The molecule has 2 aromatic heterocycles. The molecule has 3 rings (SSSR count). The summed E-state index contributed by atoms with van der Waals surface area (Å²) in [7, 11) is 1.87. The molecule has 0 bridgehead atoms. The SMILES string of the molecule is Cc1nn(C)c2sc(C(=O)NCC(O)Cc3ccccc3)cc12. The lowest BCUT2D eigenvalue weighted by Crippen LogP contribution is -2.32. The molecule has 1 unspecified atom stereocenters. The fourth-order valence-electron chi connectivity index (χ4n) is 2.57. The van der Waals surface area contributed by atoms with E-state index in [0.717, 1.165) is 21.5 Å². The maximum absolute atomic E-state index is 12.3. The van der Waals surface area contributed by atoms with Crippen LogP contribution in [0, 0.1) is 6.92 Å². The van der Waals surface area contributed by atoms with Gasteiger partial charge >= 0.3 is 0 Å². The van der Waals surface area contributed by atoms with Gasteiger partial charge in [-0.05, 0) is 18.6 Å². The molecule has 2 heterocycles. The number of carbonyl (C=O) groups excluding carboxylic acids is 1. The Bertz CT molecular complexity index is 789. The lowest BCUT2D eigenvalue weighted by molar-refractivity contribution is 0.0920. The van der Waals surface area contributed by atoms with Gasteiger partial charge in [0.2, 0.25) is 0 Å². The summed E-state index contributed by atoms with van der Waals surface area (Å²) >= 11 is 1.42. The average Bonchev–Trinajstić information content (AvgIpc) is 3.08. The first-order valence-electron chi connectivity index (χ1n) is 7.48. The number of rotatable bonds is 5. The van der Waals surface area contributed by atoms with Gasteiger partial charge in [0.25, 0.3) is 5.91 Å². The summed E-state index contributed by atoms with van der Waals surface area (Å²) in [5.74, 6) is -0.155. The number of hydrogen-bond acceptors (Lipinski definition) is 4. The number of nitrogens with one attached hydrogen (secondary N) is 1. The molecule has 1 aromatic carbocycles. The largest absolute Gasteiger partial charge is 0.391 e. The Hall–Kier alpha value is -2.18. The maximum Gasteiger partial charge on any atom is 0.261 e. The summed E-state index contributed by atoms with van der Waals surface area (Å²) in [5, 5.41) is 18.2. The van der Waals surface area contributed by atoms with Crippen LogP contribution in [0.4, 0.5) is 0 Å². The van der Waals surface area contributed by atoms with Gasteiger partial charge in [-0.2, -0.15) is 5.10 Å². The summed E-state index contributed by atoms with van der Waals surface area (Å²) < 4.78 is 1.79. The van der Waals surface area contributed by atoms with Crippen LogP contribution in [0.15, 0.2) is 36.4 Å². The van der Waals surface area contributed by atoms with E-state index in [1.165, 1.54) is 11.3 Å². The summed E-state index contributed by atoms with van der Waals surface area (Å²) in [6, 6.07) is 11.6. The van der Waals surface area contributed by atoms with E-state index in [1.54, 1.807) is 4.68 Å². The molecule has 0 radical (unpaired) electrons. The Balaban J connectivity index is 1.61. The van der Waals surface area contributed by atoms with Crippen LogP contribution in [0.1, 0.15) is 20.9 Å². The number of aliphatic hydroxyl groups excluding tert-OH is 1. The van der Waals surface area contributed by atoms with Crippen molar-refractivity contribution in [3.05, 3.63) is 52.5 Å². The Morgan fingerprint density at radius 1 is 1.39 bits per heavy atom. The lowest BCUT2D eigenvalue weighted by atomic mass is 10.1. The predicted molar refractivity (Wildman–Crippen MR) is 91.8 cm³/mol. The summed E-state index contributed by atoms with van der Waals surface area (Å²) in [5.41, 5.74) is 1.97. The number of thiophene rings is 1. The van der Waals surface area contributed by atoms with Crippen LogP contribution in [0.2, 0.25) is 0 Å². The van der Waals surface area contributed by atoms with Crippen LogP contribution in [0.25, 0.3) is 10.2 Å². The molecule has 0 spiro atoms. The molecule has 0 aliphatic heterocycles. The van der Waals surface area contributed by atoms with Gasteiger partial charge in [-0.25, -0.2) is 0 Å². The Labute approximate surface area is 138 Å². The Kier molecular flexibility index (Phi) is 4.45. The zero-order chi connectivity index (χ0) is 16.4. The van der Waals surface area contributed by atoms with Crippen molar-refractivity contribution in [2.75, 3.05) is 6.54 Å². The van der Waals surface area contributed by atoms with E-state index >= 15 is 0 Å². The number of benzene rings is 1. The van der Waals surface area contributed by atoms with Crippen molar-refractivity contribution in [3.8, 4) is 0 Å². The zero-order valence-corrected chi connectivity index (χ0v) is 13.9. The number of aromatic nitrogens is 2. The highest BCUT2D eigenvalue weighted by molar-refractivity contribution is 7.20. The highest BCUT2D eigenvalue weighted by Gasteiger charge is 2.16. The Morgan fingerprint density at radius 3 is 2.83 bits per heavy atom. The molecule has 120 valence electrons. The van der Waals surface area contributed by atoms with Crippen molar-refractivity contribution in [1.29, 1.82) is 0 Å². The van der Waals surface area contributed by atoms with Crippen LogP contribution in [-0.4, -0.2) is 33.4 Å². The number of aliphatic hydroxyl groups is 1.